The Kier molecular flexibility index (Phi) is 6.55. The molecule has 1 aliphatic rings. The van der Waals surface area contributed by atoms with Crippen LogP contribution in [0, 0.1) is 23.5 Å². The number of likely N-dealkylation sites (tertiary alicyclic amines) is 1. The molecule has 35 heavy (non-hydrogen) atoms. The van der Waals surface area contributed by atoms with Crippen molar-refractivity contribution >= 4 is 22.6 Å². The molecule has 3 aromatic rings. The number of methoxy groups -OCH3 is 2. The van der Waals surface area contributed by atoms with E-state index in [4.69, 9.17) is 15.2 Å². The fourth-order valence-corrected chi connectivity index (χ4v) is 4.14. The Morgan fingerprint density at radius 1 is 1.29 bits per heavy atom. The lowest BCUT2D eigenvalue weighted by molar-refractivity contribution is -0.125. The molecule has 1 fully saturated rings. The normalized spacial score (nSPS) is 15.1. The molecule has 1 aliphatic heterocycles. The number of nitrogens with two attached hydrogens (primary N) is 1. The Bertz CT molecular complexity index is 1360. The van der Waals surface area contributed by atoms with E-state index >= 15 is 0 Å². The molecule has 182 valence electrons. The molecule has 0 unspecified atom stereocenters. The van der Waals surface area contributed by atoms with Gasteiger partial charge in [-0.1, -0.05) is 19.4 Å². The van der Waals surface area contributed by atoms with Crippen molar-refractivity contribution in [1.82, 2.24) is 24.6 Å². The van der Waals surface area contributed by atoms with Crippen LogP contribution in [0.5, 0.6) is 11.8 Å². The number of halogens is 2. The highest BCUT2D eigenvalue weighted by Crippen LogP contribution is 2.33. The van der Waals surface area contributed by atoms with Crippen molar-refractivity contribution in [3.05, 3.63) is 47.3 Å². The van der Waals surface area contributed by atoms with Gasteiger partial charge in [-0.3, -0.25) is 9.48 Å². The summed E-state index contributed by atoms with van der Waals surface area (Å²) in [6.45, 7) is 6.50. The van der Waals surface area contributed by atoms with E-state index in [0.29, 0.717) is 31.3 Å². The number of fused-ring (bicyclic) bond motifs is 1. The van der Waals surface area contributed by atoms with Gasteiger partial charge in [0.2, 0.25) is 17.5 Å². The smallest absolute Gasteiger partial charge is 0.254 e. The molecule has 1 atom stereocenters. The van der Waals surface area contributed by atoms with Crippen molar-refractivity contribution in [1.29, 1.82) is 0 Å². The number of pyridine rings is 2. The van der Waals surface area contributed by atoms with Gasteiger partial charge >= 0.3 is 0 Å². The molecule has 4 heterocycles. The molecular weight excluding hydrogens is 458 g/mol. The number of amides is 1. The van der Waals surface area contributed by atoms with Crippen molar-refractivity contribution in [2.75, 3.05) is 33.0 Å². The van der Waals surface area contributed by atoms with Crippen LogP contribution in [0.25, 0.3) is 10.9 Å². The molecule has 1 amide bonds. The van der Waals surface area contributed by atoms with Crippen LogP contribution in [0.4, 0.5) is 14.6 Å². The summed E-state index contributed by atoms with van der Waals surface area (Å²) in [5.74, 6) is 2.27. The molecule has 0 spiro atoms. The first-order valence-electron chi connectivity index (χ1n) is 10.9. The van der Waals surface area contributed by atoms with Crippen LogP contribution < -0.4 is 15.2 Å². The largest absolute Gasteiger partial charge is 0.479 e. The first-order chi connectivity index (χ1) is 16.8. The van der Waals surface area contributed by atoms with E-state index in [1.807, 2.05) is 6.92 Å². The summed E-state index contributed by atoms with van der Waals surface area (Å²) in [6, 6.07) is -0.140. The Labute approximate surface area is 200 Å². The summed E-state index contributed by atoms with van der Waals surface area (Å²) in [4.78, 5) is 21.7. The highest BCUT2D eigenvalue weighted by molar-refractivity contribution is 5.95. The summed E-state index contributed by atoms with van der Waals surface area (Å²) in [6.07, 6.45) is 4.26. The summed E-state index contributed by atoms with van der Waals surface area (Å²) in [5.41, 5.74) is 7.45. The molecular formula is C24H24F2N6O3. The number of hydrogen-bond acceptors (Lipinski definition) is 7. The first kappa shape index (κ1) is 23.9. The van der Waals surface area contributed by atoms with Crippen molar-refractivity contribution in [2.24, 2.45) is 0 Å². The maximum atomic E-state index is 14.8. The lowest BCUT2D eigenvalue weighted by Crippen LogP contribution is -2.27. The van der Waals surface area contributed by atoms with E-state index in [9.17, 15) is 13.6 Å². The fourth-order valence-electron chi connectivity index (χ4n) is 4.14. The van der Waals surface area contributed by atoms with Crippen LogP contribution >= 0.6 is 0 Å². The molecule has 2 N–H and O–H groups in total. The fraction of sp³-hybridized carbons (Fsp3) is 0.333. The molecule has 9 nitrogen and oxygen atoms in total. The first-order valence-corrected chi connectivity index (χ1v) is 10.9. The number of aromatic nitrogens is 4. The van der Waals surface area contributed by atoms with Gasteiger partial charge in [0.05, 0.1) is 31.2 Å². The average molecular weight is 482 g/mol. The van der Waals surface area contributed by atoms with E-state index in [1.54, 1.807) is 15.8 Å². The zero-order valence-electron chi connectivity index (χ0n) is 19.6. The van der Waals surface area contributed by atoms with Crippen LogP contribution in [-0.4, -0.2) is 57.9 Å². The monoisotopic (exact) mass is 482 g/mol. The maximum absolute atomic E-state index is 14.8. The molecule has 0 bridgehead atoms. The van der Waals surface area contributed by atoms with Crippen molar-refractivity contribution < 1.29 is 23.0 Å². The second-order valence-electron chi connectivity index (χ2n) is 7.85. The molecule has 11 heteroatoms. The predicted octanol–water partition coefficient (Wildman–Crippen LogP) is 2.63. The van der Waals surface area contributed by atoms with Gasteiger partial charge in [-0.25, -0.2) is 4.98 Å². The Balaban J connectivity index is 1.89. The highest BCUT2D eigenvalue weighted by atomic mass is 19.1. The summed E-state index contributed by atoms with van der Waals surface area (Å²) in [5, 5.41) is 5.14. The minimum absolute atomic E-state index is 0.140. The Morgan fingerprint density at radius 2 is 1.97 bits per heavy atom. The number of rotatable bonds is 5. The molecule has 4 rings (SSSR count). The predicted molar refractivity (Wildman–Crippen MR) is 125 cm³/mol. The third-order valence-corrected chi connectivity index (χ3v) is 5.92. The van der Waals surface area contributed by atoms with Gasteiger partial charge in [-0.15, -0.1) is 0 Å². The van der Waals surface area contributed by atoms with E-state index in [-0.39, 0.29) is 23.5 Å². The summed E-state index contributed by atoms with van der Waals surface area (Å²) < 4.78 is 41.1. The van der Waals surface area contributed by atoms with E-state index in [2.05, 4.69) is 33.5 Å². The molecule has 0 radical (unpaired) electrons. The zero-order chi connectivity index (χ0) is 25.3. The second kappa shape index (κ2) is 9.58. The van der Waals surface area contributed by atoms with Crippen LogP contribution in [0.1, 0.15) is 36.2 Å². The molecule has 3 aromatic heterocycles. The van der Waals surface area contributed by atoms with Crippen LogP contribution in [0.3, 0.4) is 0 Å². The number of ether oxygens (including phenoxy) is 2. The van der Waals surface area contributed by atoms with Crippen LogP contribution in [-0.2, 0) is 11.2 Å². The number of nitrogen functional groups attached to an aromatic ring is 1. The Morgan fingerprint density at radius 3 is 2.57 bits per heavy atom. The van der Waals surface area contributed by atoms with Crippen LogP contribution in [0.15, 0.2) is 18.9 Å². The number of aryl methyl sites for hydroxylation is 1. The number of nitrogens with zero attached hydrogens (tertiary/aromatic N) is 5. The Hall–Kier alpha value is -4.20. The number of carbonyl (C=O) groups is 1. The molecule has 0 aromatic carbocycles. The van der Waals surface area contributed by atoms with Gasteiger partial charge in [-0.2, -0.15) is 18.9 Å². The average Bonchev–Trinajstić information content (AvgIpc) is 3.50. The maximum Gasteiger partial charge on any atom is 0.254 e. The SMILES string of the molecule is C=CC(=O)N1CC[C@H](n2nc(C#Cc3c(F)c(OC)nc(OC)c3F)c3c(N)ncc(CC)c32)C1. The molecule has 0 aliphatic carbocycles. The van der Waals surface area contributed by atoms with Gasteiger partial charge in [0.1, 0.15) is 17.1 Å². The quantitative estimate of drug-likeness (QED) is 0.440. The standard InChI is InChI=1S/C24H24F2N6O3/c1-5-13-11-28-22(27)18-16(8-7-15-19(25)23(34-3)29-24(35-4)20(15)26)30-32(21(13)18)14-9-10-31(12-14)17(33)6-2/h6,11,14H,2,5,9-10,12H2,1,3-4H3,(H2,27,28)/t14-/m0/s1. The van der Waals surface area contributed by atoms with Gasteiger partial charge in [0.25, 0.3) is 11.8 Å². The van der Waals surface area contributed by atoms with Crippen molar-refractivity contribution in [3.8, 4) is 23.6 Å². The third kappa shape index (κ3) is 4.12. The number of carbonyl (C=O) groups excluding carboxylic acids is 1. The van der Waals surface area contributed by atoms with Gasteiger partial charge in [0.15, 0.2) is 0 Å². The molecule has 0 saturated carbocycles. The van der Waals surface area contributed by atoms with Gasteiger partial charge < -0.3 is 20.1 Å². The van der Waals surface area contributed by atoms with Crippen molar-refractivity contribution in [2.45, 2.75) is 25.8 Å². The molecule has 1 saturated heterocycles. The number of anilines is 1. The number of hydrogen-bond donors (Lipinski definition) is 1. The van der Waals surface area contributed by atoms with E-state index < -0.39 is 29.0 Å². The van der Waals surface area contributed by atoms with Crippen molar-refractivity contribution in [3.63, 3.8) is 0 Å². The minimum atomic E-state index is -1.06. The third-order valence-electron chi connectivity index (χ3n) is 5.92. The minimum Gasteiger partial charge on any atom is -0.479 e. The van der Waals surface area contributed by atoms with Gasteiger partial charge in [0, 0.05) is 19.3 Å². The van der Waals surface area contributed by atoms with Crippen LogP contribution in [0.2, 0.25) is 0 Å². The second-order valence-corrected chi connectivity index (χ2v) is 7.85. The van der Waals surface area contributed by atoms with E-state index in [0.717, 1.165) is 11.1 Å². The van der Waals surface area contributed by atoms with E-state index in [1.165, 1.54) is 20.3 Å². The lowest BCUT2D eigenvalue weighted by Gasteiger charge is -2.16. The zero-order valence-corrected chi connectivity index (χ0v) is 19.6. The topological polar surface area (TPSA) is 108 Å². The van der Waals surface area contributed by atoms with Gasteiger partial charge in [-0.05, 0) is 30.4 Å². The highest BCUT2D eigenvalue weighted by Gasteiger charge is 2.30. The summed E-state index contributed by atoms with van der Waals surface area (Å²) >= 11 is 0. The lowest BCUT2D eigenvalue weighted by atomic mass is 10.1. The summed E-state index contributed by atoms with van der Waals surface area (Å²) in [7, 11) is 2.41.